The zero-order chi connectivity index (χ0) is 46.1. The Morgan fingerprint density at radius 3 is 2.26 bits per heavy atom. The highest BCUT2D eigenvalue weighted by atomic mass is 31.2. The number of hydrogen-bond donors (Lipinski definition) is 15. The molecule has 0 aliphatic carbocycles. The zero-order valence-electron chi connectivity index (χ0n) is 33.3. The SMILES string of the molecule is CC(Nc1ccc(CC(O)C(O)C(O)CO[C@H]2O[C@H](COP(=O)(O)OC(CCC(=O)O)C(=O)NC(CCC(=O)O)C(=O)O)[C@@H](O)[C@H]2O)cc1)C1Nc2c(nc(N)[nH]c2=O)NC1C. The summed E-state index contributed by atoms with van der Waals surface area (Å²) in [6.45, 7) is 2.09. The minimum Gasteiger partial charge on any atom is -0.481 e. The van der Waals surface area contributed by atoms with Gasteiger partial charge in [0.15, 0.2) is 12.1 Å². The molecular weight excluding hydrogens is 853 g/mol. The molecular formula is C35H52N7O19P. The Bertz CT molecular complexity index is 1980. The maximum Gasteiger partial charge on any atom is 0.473 e. The van der Waals surface area contributed by atoms with Crippen molar-refractivity contribution in [1.82, 2.24) is 15.3 Å². The Balaban J connectivity index is 1.24. The van der Waals surface area contributed by atoms with Gasteiger partial charge in [-0.25, -0.2) is 9.36 Å². The number of phosphoric acid groups is 1. The van der Waals surface area contributed by atoms with Gasteiger partial charge in [-0.1, -0.05) is 12.1 Å². The van der Waals surface area contributed by atoms with Crippen molar-refractivity contribution in [3.05, 3.63) is 40.2 Å². The molecule has 4 rings (SSSR count). The molecule has 1 aromatic heterocycles. The van der Waals surface area contributed by atoms with Gasteiger partial charge in [0.05, 0.1) is 25.4 Å². The molecule has 13 atom stereocenters. The highest BCUT2D eigenvalue weighted by Gasteiger charge is 2.45. The molecule has 16 N–H and O–H groups in total. The number of carboxylic acid groups (broad SMARTS) is 3. The number of aliphatic carboxylic acids is 3. The van der Waals surface area contributed by atoms with Crippen molar-refractivity contribution in [2.24, 2.45) is 0 Å². The van der Waals surface area contributed by atoms with E-state index in [9.17, 15) is 64.1 Å². The Labute approximate surface area is 352 Å². The maximum absolute atomic E-state index is 12.8. The summed E-state index contributed by atoms with van der Waals surface area (Å²) in [5.74, 6) is -5.53. The molecule has 2 aliphatic rings. The monoisotopic (exact) mass is 905 g/mol. The number of carbonyl (C=O) groups is 4. The minimum absolute atomic E-state index is 0.0141. The molecule has 346 valence electrons. The number of nitrogen functional groups attached to an aromatic ring is 1. The lowest BCUT2D eigenvalue weighted by Crippen LogP contribution is -2.51. The summed E-state index contributed by atoms with van der Waals surface area (Å²) < 4.78 is 33.0. The van der Waals surface area contributed by atoms with E-state index in [1.54, 1.807) is 24.3 Å². The number of carbonyl (C=O) groups excluding carboxylic acids is 1. The van der Waals surface area contributed by atoms with Crippen LogP contribution < -0.4 is 32.6 Å². The number of phosphoric ester groups is 1. The molecule has 1 fully saturated rings. The number of benzene rings is 1. The van der Waals surface area contributed by atoms with Crippen LogP contribution in [0.5, 0.6) is 0 Å². The van der Waals surface area contributed by atoms with Gasteiger partial charge in [-0.15, -0.1) is 0 Å². The standard InChI is InChI=1S/C35H52N7O19P/c1-14(25-15(2)38-30-26(40-25)32(53)42-35(36)41-30)37-17-5-3-16(4-6-17)11-19(43)27(49)20(44)12-58-34-29(51)28(50)22(60-34)13-59-62(56,57)61-21(8-10-24(47)48)31(52)39-18(33(54)55)7-9-23(45)46/h3-6,14-15,18-22,25,27-29,34,37,40,43-44,49-51H,7-13H2,1-2H3,(H,39,52)(H,45,46)(H,47,48)(H,54,55)(H,56,57)(H4,36,38,41,42,53)/t14?,15?,18?,19?,20?,21?,22-,25?,27?,28-,29-,34+/m1/s1. The van der Waals surface area contributed by atoms with Crippen molar-refractivity contribution < 1.29 is 88.0 Å². The number of rotatable bonds is 24. The number of aromatic amines is 1. The van der Waals surface area contributed by atoms with E-state index >= 15 is 0 Å². The van der Waals surface area contributed by atoms with E-state index < -0.39 is 131 Å². The molecule has 3 heterocycles. The summed E-state index contributed by atoms with van der Waals surface area (Å²) in [5, 5.41) is 91.6. The van der Waals surface area contributed by atoms with Gasteiger partial charge in [0, 0.05) is 37.0 Å². The van der Waals surface area contributed by atoms with Crippen molar-refractivity contribution in [2.75, 3.05) is 34.9 Å². The summed E-state index contributed by atoms with van der Waals surface area (Å²) in [7, 11) is -5.33. The summed E-state index contributed by atoms with van der Waals surface area (Å²) in [6.07, 6.45) is -17.0. The summed E-state index contributed by atoms with van der Waals surface area (Å²) in [5.41, 5.74) is 6.77. The van der Waals surface area contributed by atoms with Crippen molar-refractivity contribution in [2.45, 2.75) is 119 Å². The minimum atomic E-state index is -5.33. The summed E-state index contributed by atoms with van der Waals surface area (Å²) in [4.78, 5) is 75.4. The Morgan fingerprint density at radius 2 is 1.63 bits per heavy atom. The Morgan fingerprint density at radius 1 is 0.984 bits per heavy atom. The molecule has 1 aromatic carbocycles. The van der Waals surface area contributed by atoms with Crippen LogP contribution >= 0.6 is 7.82 Å². The lowest BCUT2D eigenvalue weighted by molar-refractivity contribution is -0.192. The smallest absolute Gasteiger partial charge is 0.473 e. The van der Waals surface area contributed by atoms with Gasteiger partial charge in [0.1, 0.15) is 48.4 Å². The average Bonchev–Trinajstić information content (AvgIpc) is 3.46. The van der Waals surface area contributed by atoms with Crippen molar-refractivity contribution in [1.29, 1.82) is 0 Å². The highest BCUT2D eigenvalue weighted by Crippen LogP contribution is 2.46. The van der Waals surface area contributed by atoms with Crippen molar-refractivity contribution >= 4 is 54.8 Å². The Kier molecular flexibility index (Phi) is 17.5. The molecule has 0 bridgehead atoms. The predicted molar refractivity (Wildman–Crippen MR) is 212 cm³/mol. The molecule has 1 saturated heterocycles. The van der Waals surface area contributed by atoms with Crippen LogP contribution in [-0.4, -0.2) is 166 Å². The van der Waals surface area contributed by atoms with Gasteiger partial charge in [-0.3, -0.25) is 33.2 Å². The first-order valence-corrected chi connectivity index (χ1v) is 20.6. The number of nitrogens with two attached hydrogens (primary N) is 1. The third-order valence-electron chi connectivity index (χ3n) is 9.86. The number of aliphatic hydroxyl groups is 5. The molecule has 2 aliphatic heterocycles. The van der Waals surface area contributed by atoms with Crippen LogP contribution in [0.3, 0.4) is 0 Å². The normalized spacial score (nSPS) is 24.7. The zero-order valence-corrected chi connectivity index (χ0v) is 34.2. The fraction of sp³-hybridized carbons (Fsp3) is 0.600. The first-order valence-electron chi connectivity index (χ1n) is 19.1. The number of carboxylic acids is 3. The predicted octanol–water partition coefficient (Wildman–Crippen LogP) is -2.66. The Hall–Kier alpha value is -4.99. The quantitative estimate of drug-likeness (QED) is 0.0478. The lowest BCUT2D eigenvalue weighted by Gasteiger charge is -2.37. The van der Waals surface area contributed by atoms with Gasteiger partial charge >= 0.3 is 25.7 Å². The van der Waals surface area contributed by atoms with Crippen LogP contribution in [0.1, 0.15) is 45.1 Å². The van der Waals surface area contributed by atoms with E-state index in [-0.39, 0.29) is 36.2 Å². The van der Waals surface area contributed by atoms with Gasteiger partial charge in [-0.05, 0) is 44.4 Å². The van der Waals surface area contributed by atoms with Gasteiger partial charge in [-0.2, -0.15) is 4.98 Å². The summed E-state index contributed by atoms with van der Waals surface area (Å²) >= 11 is 0. The van der Waals surface area contributed by atoms with E-state index in [0.717, 1.165) is 0 Å². The fourth-order valence-electron chi connectivity index (χ4n) is 6.51. The number of fused-ring (bicyclic) bond motifs is 1. The molecule has 0 saturated carbocycles. The average molecular weight is 906 g/mol. The number of H-pyrrole nitrogens is 1. The fourth-order valence-corrected chi connectivity index (χ4v) is 7.43. The number of hydrogen-bond acceptors (Lipinski definition) is 20. The molecule has 27 heteroatoms. The third-order valence-corrected chi connectivity index (χ3v) is 10.9. The highest BCUT2D eigenvalue weighted by molar-refractivity contribution is 7.47. The number of aromatic nitrogens is 2. The van der Waals surface area contributed by atoms with Crippen LogP contribution in [0.25, 0.3) is 0 Å². The second-order valence-corrected chi connectivity index (χ2v) is 16.1. The van der Waals surface area contributed by atoms with Crippen LogP contribution in [-0.2, 0) is 48.7 Å². The number of anilines is 4. The van der Waals surface area contributed by atoms with E-state index in [1.807, 2.05) is 19.2 Å². The number of nitrogens with zero attached hydrogens (tertiary/aromatic N) is 1. The molecule has 1 amide bonds. The molecule has 26 nitrogen and oxygen atoms in total. The molecule has 0 radical (unpaired) electrons. The first-order chi connectivity index (χ1) is 29.0. The van der Waals surface area contributed by atoms with Crippen LogP contribution in [0.2, 0.25) is 0 Å². The number of nitrogens with one attached hydrogen (secondary N) is 5. The molecule has 62 heavy (non-hydrogen) atoms. The number of amides is 1. The van der Waals surface area contributed by atoms with Crippen LogP contribution in [0, 0.1) is 0 Å². The topological polar surface area (TPSA) is 424 Å². The van der Waals surface area contributed by atoms with E-state index in [1.165, 1.54) is 0 Å². The second kappa shape index (κ2) is 21.9. The molecule has 2 aromatic rings. The largest absolute Gasteiger partial charge is 0.481 e. The van der Waals surface area contributed by atoms with Crippen LogP contribution in [0.15, 0.2) is 29.1 Å². The maximum atomic E-state index is 12.8. The molecule has 9 unspecified atom stereocenters. The van der Waals surface area contributed by atoms with E-state index in [0.29, 0.717) is 17.1 Å². The lowest BCUT2D eigenvalue weighted by atomic mass is 9.98. The van der Waals surface area contributed by atoms with Crippen LogP contribution in [0.4, 0.5) is 23.1 Å². The van der Waals surface area contributed by atoms with Gasteiger partial charge < -0.3 is 82.2 Å². The first kappa shape index (κ1) is 49.7. The van der Waals surface area contributed by atoms with E-state index in [4.69, 9.17) is 34.5 Å². The third kappa shape index (κ3) is 14.0. The van der Waals surface area contributed by atoms with Crippen molar-refractivity contribution in [3.8, 4) is 0 Å². The van der Waals surface area contributed by atoms with Gasteiger partial charge in [0.25, 0.3) is 11.5 Å². The van der Waals surface area contributed by atoms with Gasteiger partial charge in [0.2, 0.25) is 5.95 Å². The number of ether oxygens (including phenoxy) is 2. The second-order valence-electron chi connectivity index (χ2n) is 14.7. The summed E-state index contributed by atoms with van der Waals surface area (Å²) in [6, 6.07) is 4.46. The van der Waals surface area contributed by atoms with E-state index in [2.05, 4.69) is 25.9 Å². The number of aliphatic hydroxyl groups excluding tert-OH is 5. The van der Waals surface area contributed by atoms with Crippen molar-refractivity contribution in [3.63, 3.8) is 0 Å². The molecule has 0 spiro atoms.